The molecule has 0 aromatic carbocycles. The van der Waals surface area contributed by atoms with E-state index in [-0.39, 0.29) is 0 Å². The quantitative estimate of drug-likeness (QED) is 0.762. The first-order valence-electron chi connectivity index (χ1n) is 6.67. The van der Waals surface area contributed by atoms with Gasteiger partial charge in [0.05, 0.1) is 6.54 Å². The highest BCUT2D eigenvalue weighted by molar-refractivity contribution is 5.77. The molecule has 108 valence electrons. The monoisotopic (exact) mass is 269 g/mol. The third kappa shape index (κ3) is 3.73. The highest BCUT2D eigenvalue weighted by atomic mass is 16.4. The molecule has 0 aliphatic rings. The lowest BCUT2D eigenvalue weighted by atomic mass is 10.0. The lowest BCUT2D eigenvalue weighted by Gasteiger charge is -2.33. The van der Waals surface area contributed by atoms with Gasteiger partial charge in [-0.2, -0.15) is 0 Å². The molecule has 1 N–H and O–H groups in total. The number of carboxylic acids is 1. The largest absolute Gasteiger partial charge is 0.480 e. The molecule has 1 aromatic heterocycles. The lowest BCUT2D eigenvalue weighted by Crippen LogP contribution is -2.49. The summed E-state index contributed by atoms with van der Waals surface area (Å²) in [5, 5.41) is 20.9. The number of hydrogen-bond acceptors (Lipinski definition) is 5. The summed E-state index contributed by atoms with van der Waals surface area (Å²) < 4.78 is 1.75. The van der Waals surface area contributed by atoms with Crippen LogP contribution in [0.4, 0.5) is 0 Å². The van der Waals surface area contributed by atoms with Gasteiger partial charge in [0.2, 0.25) is 0 Å². The molecule has 0 aliphatic carbocycles. The highest BCUT2D eigenvalue weighted by Gasteiger charge is 2.34. The molecule has 0 bridgehead atoms. The molecule has 0 amide bonds. The van der Waals surface area contributed by atoms with Crippen LogP contribution in [0.1, 0.15) is 46.4 Å². The fraction of sp³-hybridized carbons (Fsp3) is 0.833. The first-order valence-corrected chi connectivity index (χ1v) is 6.67. The highest BCUT2D eigenvalue weighted by Crippen LogP contribution is 2.17. The molecule has 1 rings (SSSR count). The molecule has 1 heterocycles. The van der Waals surface area contributed by atoms with Gasteiger partial charge in [0, 0.05) is 6.54 Å². The number of hydrogen-bond donors (Lipinski definition) is 1. The van der Waals surface area contributed by atoms with E-state index in [2.05, 4.69) is 22.4 Å². The number of aliphatic carboxylic acids is 1. The zero-order valence-corrected chi connectivity index (χ0v) is 12.1. The van der Waals surface area contributed by atoms with Gasteiger partial charge in [-0.25, -0.2) is 4.68 Å². The van der Waals surface area contributed by atoms with Crippen LogP contribution in [-0.2, 0) is 17.9 Å². The molecule has 0 spiro atoms. The van der Waals surface area contributed by atoms with Gasteiger partial charge in [-0.3, -0.25) is 9.69 Å². The predicted molar refractivity (Wildman–Crippen MR) is 70.5 cm³/mol. The van der Waals surface area contributed by atoms with Crippen molar-refractivity contribution in [3.8, 4) is 0 Å². The van der Waals surface area contributed by atoms with Gasteiger partial charge < -0.3 is 5.11 Å². The van der Waals surface area contributed by atoms with Crippen molar-refractivity contribution in [3.63, 3.8) is 0 Å². The third-order valence-corrected chi connectivity index (χ3v) is 3.36. The number of carbonyl (C=O) groups is 1. The number of aryl methyl sites for hydroxylation is 1. The minimum absolute atomic E-state index is 0.437. The summed E-state index contributed by atoms with van der Waals surface area (Å²) in [6.45, 7) is 9.26. The Morgan fingerprint density at radius 3 is 2.63 bits per heavy atom. The summed E-state index contributed by atoms with van der Waals surface area (Å²) >= 11 is 0. The Bertz CT molecular complexity index is 416. The number of aromatic nitrogens is 4. The number of unbranched alkanes of at least 4 members (excludes halogenated alkanes) is 1. The van der Waals surface area contributed by atoms with Crippen LogP contribution in [0.5, 0.6) is 0 Å². The molecule has 1 aromatic rings. The molecule has 7 heteroatoms. The summed E-state index contributed by atoms with van der Waals surface area (Å²) in [6, 6.07) is 0. The summed E-state index contributed by atoms with van der Waals surface area (Å²) in [5.41, 5.74) is -0.934. The van der Waals surface area contributed by atoms with Crippen LogP contribution in [0.25, 0.3) is 0 Å². The smallest absolute Gasteiger partial charge is 0.323 e. The number of tetrazole rings is 1. The van der Waals surface area contributed by atoms with Crippen molar-refractivity contribution in [2.45, 2.75) is 59.2 Å². The molecular weight excluding hydrogens is 246 g/mol. The van der Waals surface area contributed by atoms with Crippen LogP contribution in [0.15, 0.2) is 0 Å². The predicted octanol–water partition coefficient (Wildman–Crippen LogP) is 1.16. The van der Waals surface area contributed by atoms with Gasteiger partial charge in [0.15, 0.2) is 5.82 Å². The van der Waals surface area contributed by atoms with Crippen molar-refractivity contribution in [2.24, 2.45) is 0 Å². The number of carboxylic acid groups (broad SMARTS) is 1. The van der Waals surface area contributed by atoms with E-state index in [0.29, 0.717) is 18.9 Å². The van der Waals surface area contributed by atoms with Crippen molar-refractivity contribution < 1.29 is 9.90 Å². The number of nitrogens with zero attached hydrogens (tertiary/aromatic N) is 5. The molecule has 0 saturated carbocycles. The lowest BCUT2D eigenvalue weighted by molar-refractivity contribution is -0.149. The normalized spacial score (nSPS) is 12.1. The zero-order valence-electron chi connectivity index (χ0n) is 12.1. The Balaban J connectivity index is 2.82. The van der Waals surface area contributed by atoms with E-state index in [1.54, 1.807) is 18.5 Å². The van der Waals surface area contributed by atoms with Crippen LogP contribution in [0.3, 0.4) is 0 Å². The van der Waals surface area contributed by atoms with Crippen molar-refractivity contribution in [1.82, 2.24) is 25.1 Å². The maximum Gasteiger partial charge on any atom is 0.323 e. The van der Waals surface area contributed by atoms with Gasteiger partial charge >= 0.3 is 5.97 Å². The van der Waals surface area contributed by atoms with Gasteiger partial charge in [0.1, 0.15) is 5.54 Å². The van der Waals surface area contributed by atoms with Crippen LogP contribution >= 0.6 is 0 Å². The van der Waals surface area contributed by atoms with Crippen LogP contribution in [-0.4, -0.2) is 48.3 Å². The fourth-order valence-corrected chi connectivity index (χ4v) is 1.83. The fourth-order valence-electron chi connectivity index (χ4n) is 1.83. The van der Waals surface area contributed by atoms with E-state index in [4.69, 9.17) is 0 Å². The minimum atomic E-state index is -0.934. The number of rotatable bonds is 8. The molecule has 19 heavy (non-hydrogen) atoms. The first-order chi connectivity index (χ1) is 8.93. The molecule has 0 atom stereocenters. The zero-order chi connectivity index (χ0) is 14.5. The summed E-state index contributed by atoms with van der Waals surface area (Å²) in [7, 11) is 0. The van der Waals surface area contributed by atoms with Crippen molar-refractivity contribution >= 4 is 5.97 Å². The second kappa shape index (κ2) is 6.60. The SMILES string of the molecule is CCCCn1nnnc1CN(CC)C(C)(C)C(=O)O. The average Bonchev–Trinajstić information content (AvgIpc) is 2.80. The van der Waals surface area contributed by atoms with Crippen LogP contribution in [0.2, 0.25) is 0 Å². The Morgan fingerprint density at radius 2 is 2.11 bits per heavy atom. The van der Waals surface area contributed by atoms with E-state index in [0.717, 1.165) is 19.4 Å². The third-order valence-electron chi connectivity index (χ3n) is 3.36. The van der Waals surface area contributed by atoms with Crippen LogP contribution in [0, 0.1) is 0 Å². The topological polar surface area (TPSA) is 84.1 Å². The Labute approximate surface area is 113 Å². The minimum Gasteiger partial charge on any atom is -0.480 e. The van der Waals surface area contributed by atoms with Gasteiger partial charge in [0.25, 0.3) is 0 Å². The van der Waals surface area contributed by atoms with Gasteiger partial charge in [-0.05, 0) is 37.2 Å². The van der Waals surface area contributed by atoms with Crippen molar-refractivity contribution in [1.29, 1.82) is 0 Å². The average molecular weight is 269 g/mol. The Hall–Kier alpha value is -1.50. The van der Waals surface area contributed by atoms with E-state index in [9.17, 15) is 9.90 Å². The maximum atomic E-state index is 11.3. The molecule has 0 aliphatic heterocycles. The van der Waals surface area contributed by atoms with E-state index in [1.165, 1.54) is 0 Å². The molecular formula is C12H23N5O2. The molecule has 0 radical (unpaired) electrons. The molecule has 7 nitrogen and oxygen atoms in total. The molecule has 0 saturated heterocycles. The van der Waals surface area contributed by atoms with Crippen molar-refractivity contribution in [3.05, 3.63) is 5.82 Å². The Morgan fingerprint density at radius 1 is 1.42 bits per heavy atom. The molecule has 0 fully saturated rings. The first kappa shape index (κ1) is 15.6. The summed E-state index contributed by atoms with van der Waals surface area (Å²) in [5.74, 6) is -0.133. The maximum absolute atomic E-state index is 11.3. The number of likely N-dealkylation sites (N-methyl/N-ethyl adjacent to an activating group) is 1. The second-order valence-corrected chi connectivity index (χ2v) is 5.05. The molecule has 0 unspecified atom stereocenters. The van der Waals surface area contributed by atoms with Crippen LogP contribution < -0.4 is 0 Å². The summed E-state index contributed by atoms with van der Waals surface area (Å²) in [4.78, 5) is 13.2. The van der Waals surface area contributed by atoms with Gasteiger partial charge in [-0.1, -0.05) is 20.3 Å². The summed E-state index contributed by atoms with van der Waals surface area (Å²) in [6.07, 6.45) is 2.07. The second-order valence-electron chi connectivity index (χ2n) is 5.05. The van der Waals surface area contributed by atoms with E-state index in [1.807, 2.05) is 11.8 Å². The van der Waals surface area contributed by atoms with E-state index < -0.39 is 11.5 Å². The van der Waals surface area contributed by atoms with Crippen molar-refractivity contribution in [2.75, 3.05) is 6.54 Å². The van der Waals surface area contributed by atoms with Gasteiger partial charge in [-0.15, -0.1) is 5.10 Å². The Kier molecular flexibility index (Phi) is 5.41. The standard InChI is InChI=1S/C12H23N5O2/c1-5-7-8-17-10(13-14-15-17)9-16(6-2)12(3,4)11(18)19/h5-9H2,1-4H3,(H,18,19). The van der Waals surface area contributed by atoms with E-state index >= 15 is 0 Å².